The molecule has 0 bridgehead atoms. The lowest BCUT2D eigenvalue weighted by Gasteiger charge is -2.11. The van der Waals surface area contributed by atoms with Gasteiger partial charge in [0.15, 0.2) is 11.5 Å². The fraction of sp³-hybridized carbons (Fsp3) is 0.143. The second-order valence-corrected chi connectivity index (χ2v) is 6.39. The van der Waals surface area contributed by atoms with Gasteiger partial charge in [0.2, 0.25) is 12.5 Å². The summed E-state index contributed by atoms with van der Waals surface area (Å²) in [5.74, 6) is 1.97. The molecule has 0 atom stereocenters. The van der Waals surface area contributed by atoms with Crippen LogP contribution in [0.4, 0.5) is 0 Å². The van der Waals surface area contributed by atoms with E-state index in [-0.39, 0.29) is 6.79 Å². The van der Waals surface area contributed by atoms with Gasteiger partial charge in [-0.3, -0.25) is 0 Å². The van der Waals surface area contributed by atoms with Crippen molar-refractivity contribution in [2.75, 3.05) is 13.9 Å². The molecular formula is C21H17N3O3. The highest BCUT2D eigenvalue weighted by Gasteiger charge is 2.21. The van der Waals surface area contributed by atoms with Crippen LogP contribution in [0.5, 0.6) is 17.2 Å². The summed E-state index contributed by atoms with van der Waals surface area (Å²) in [6.07, 6.45) is 3.70. The van der Waals surface area contributed by atoms with Gasteiger partial charge >= 0.3 is 0 Å². The largest absolute Gasteiger partial charge is 0.493 e. The Bertz CT molecular complexity index is 1150. The molecule has 134 valence electrons. The Kier molecular flexibility index (Phi) is 3.50. The van der Waals surface area contributed by atoms with Crippen molar-refractivity contribution in [1.82, 2.24) is 14.8 Å². The van der Waals surface area contributed by atoms with Gasteiger partial charge in [0, 0.05) is 23.3 Å². The van der Waals surface area contributed by atoms with Gasteiger partial charge in [-0.15, -0.1) is 0 Å². The highest BCUT2D eigenvalue weighted by atomic mass is 16.7. The summed E-state index contributed by atoms with van der Waals surface area (Å²) in [6, 6.07) is 14.0. The maximum Gasteiger partial charge on any atom is 0.231 e. The Balaban J connectivity index is 1.64. The molecule has 0 spiro atoms. The first kappa shape index (κ1) is 15.7. The molecule has 0 unspecified atom stereocenters. The average Bonchev–Trinajstić information content (AvgIpc) is 3.38. The van der Waals surface area contributed by atoms with Crippen LogP contribution in [0.3, 0.4) is 0 Å². The van der Waals surface area contributed by atoms with Gasteiger partial charge < -0.3 is 14.2 Å². The predicted octanol–water partition coefficient (Wildman–Crippen LogP) is 4.13. The molecule has 6 nitrogen and oxygen atoms in total. The van der Waals surface area contributed by atoms with Crippen LogP contribution in [-0.2, 0) is 0 Å². The Morgan fingerprint density at radius 3 is 2.85 bits per heavy atom. The molecule has 4 aromatic rings. The first-order chi connectivity index (χ1) is 13.2. The number of aromatic nitrogens is 3. The second-order valence-electron chi connectivity index (χ2n) is 6.39. The van der Waals surface area contributed by atoms with Gasteiger partial charge in [0.25, 0.3) is 0 Å². The third kappa shape index (κ3) is 2.57. The Morgan fingerprint density at radius 1 is 1.11 bits per heavy atom. The molecule has 0 saturated heterocycles. The van der Waals surface area contributed by atoms with E-state index in [2.05, 4.69) is 24.2 Å². The van der Waals surface area contributed by atoms with E-state index < -0.39 is 0 Å². The Labute approximate surface area is 155 Å². The lowest BCUT2D eigenvalue weighted by atomic mass is 10.0. The molecule has 0 N–H and O–H groups in total. The van der Waals surface area contributed by atoms with Crippen molar-refractivity contribution in [3.63, 3.8) is 0 Å². The van der Waals surface area contributed by atoms with Crippen LogP contribution < -0.4 is 14.2 Å². The molecule has 0 aliphatic carbocycles. The number of ether oxygens (including phenoxy) is 3. The van der Waals surface area contributed by atoms with E-state index in [4.69, 9.17) is 19.2 Å². The number of hydrogen-bond donors (Lipinski definition) is 0. The van der Waals surface area contributed by atoms with Crippen LogP contribution in [0.15, 0.2) is 54.9 Å². The third-order valence-electron chi connectivity index (χ3n) is 4.72. The minimum Gasteiger partial charge on any atom is -0.493 e. The van der Waals surface area contributed by atoms with Crippen LogP contribution in [0.25, 0.3) is 27.8 Å². The zero-order valence-electron chi connectivity index (χ0n) is 15.0. The molecule has 3 heterocycles. The molecule has 1 aliphatic heterocycles. The van der Waals surface area contributed by atoms with Gasteiger partial charge in [0.05, 0.1) is 24.0 Å². The SMILES string of the molecule is COc1cc(-c2cc(C)c3cc(-n4cccn4)ccc3n2)cc2c1OCO2. The number of nitrogens with zero attached hydrogens (tertiary/aromatic N) is 3. The summed E-state index contributed by atoms with van der Waals surface area (Å²) in [4.78, 5) is 4.85. The molecule has 2 aromatic carbocycles. The zero-order valence-corrected chi connectivity index (χ0v) is 15.0. The number of benzene rings is 2. The standard InChI is InChI=1S/C21H17N3O3/c1-13-8-18(14-9-19(25-2)21-20(10-14)26-12-27-21)23-17-5-4-15(11-16(13)17)24-7-3-6-22-24/h3-11H,12H2,1-2H3. The zero-order chi connectivity index (χ0) is 18.4. The van der Waals surface area contributed by atoms with Crippen molar-refractivity contribution in [1.29, 1.82) is 0 Å². The highest BCUT2D eigenvalue weighted by Crippen LogP contribution is 2.44. The Hall–Kier alpha value is -3.54. The summed E-state index contributed by atoms with van der Waals surface area (Å²) < 4.78 is 18.3. The number of fused-ring (bicyclic) bond motifs is 2. The van der Waals surface area contributed by atoms with Gasteiger partial charge in [0.1, 0.15) is 0 Å². The summed E-state index contributed by atoms with van der Waals surface area (Å²) in [6.45, 7) is 2.29. The third-order valence-corrected chi connectivity index (χ3v) is 4.72. The molecule has 5 rings (SSSR count). The van der Waals surface area contributed by atoms with Gasteiger partial charge in [-0.25, -0.2) is 9.67 Å². The van der Waals surface area contributed by atoms with E-state index in [1.165, 1.54) is 0 Å². The van der Waals surface area contributed by atoms with E-state index in [0.29, 0.717) is 17.2 Å². The monoisotopic (exact) mass is 359 g/mol. The van der Waals surface area contributed by atoms with Crippen LogP contribution in [0.1, 0.15) is 5.56 Å². The molecule has 0 fully saturated rings. The van der Waals surface area contributed by atoms with E-state index in [1.54, 1.807) is 13.3 Å². The molecule has 0 saturated carbocycles. The Morgan fingerprint density at radius 2 is 2.04 bits per heavy atom. The summed E-state index contributed by atoms with van der Waals surface area (Å²) in [5, 5.41) is 5.39. The quantitative estimate of drug-likeness (QED) is 0.550. The summed E-state index contributed by atoms with van der Waals surface area (Å²) in [5.41, 5.74) is 4.87. The number of methoxy groups -OCH3 is 1. The average molecular weight is 359 g/mol. The normalized spacial score (nSPS) is 12.5. The smallest absolute Gasteiger partial charge is 0.231 e. The van der Waals surface area contributed by atoms with Gasteiger partial charge in [-0.2, -0.15) is 5.10 Å². The lowest BCUT2D eigenvalue weighted by molar-refractivity contribution is 0.171. The molecule has 0 radical (unpaired) electrons. The first-order valence-electron chi connectivity index (χ1n) is 8.62. The van der Waals surface area contributed by atoms with Crippen molar-refractivity contribution >= 4 is 10.9 Å². The molecular weight excluding hydrogens is 342 g/mol. The minimum atomic E-state index is 0.204. The molecule has 2 aromatic heterocycles. The number of pyridine rings is 1. The van der Waals surface area contributed by atoms with Crippen molar-refractivity contribution in [3.05, 3.63) is 60.4 Å². The summed E-state index contributed by atoms with van der Waals surface area (Å²) in [7, 11) is 1.62. The minimum absolute atomic E-state index is 0.204. The number of rotatable bonds is 3. The lowest BCUT2D eigenvalue weighted by Crippen LogP contribution is -1.96. The highest BCUT2D eigenvalue weighted by molar-refractivity contribution is 5.87. The molecule has 6 heteroatoms. The van der Waals surface area contributed by atoms with E-state index in [1.807, 2.05) is 41.2 Å². The predicted molar refractivity (Wildman–Crippen MR) is 102 cm³/mol. The van der Waals surface area contributed by atoms with Crippen LogP contribution in [0, 0.1) is 6.92 Å². The molecule has 27 heavy (non-hydrogen) atoms. The number of hydrogen-bond acceptors (Lipinski definition) is 5. The van der Waals surface area contributed by atoms with E-state index in [9.17, 15) is 0 Å². The van der Waals surface area contributed by atoms with Crippen LogP contribution in [0.2, 0.25) is 0 Å². The second kappa shape index (κ2) is 6.02. The maximum atomic E-state index is 5.54. The van der Waals surface area contributed by atoms with Crippen molar-refractivity contribution in [3.8, 4) is 34.2 Å². The first-order valence-corrected chi connectivity index (χ1v) is 8.62. The fourth-order valence-electron chi connectivity index (χ4n) is 3.37. The van der Waals surface area contributed by atoms with Crippen LogP contribution >= 0.6 is 0 Å². The van der Waals surface area contributed by atoms with E-state index in [0.717, 1.165) is 33.4 Å². The van der Waals surface area contributed by atoms with E-state index >= 15 is 0 Å². The molecule has 1 aliphatic rings. The fourth-order valence-corrected chi connectivity index (χ4v) is 3.37. The van der Waals surface area contributed by atoms with Crippen LogP contribution in [-0.4, -0.2) is 28.7 Å². The van der Waals surface area contributed by atoms with Crippen molar-refractivity contribution in [2.24, 2.45) is 0 Å². The topological polar surface area (TPSA) is 58.4 Å². The maximum absolute atomic E-state index is 5.54. The van der Waals surface area contributed by atoms with Gasteiger partial charge in [-0.1, -0.05) is 0 Å². The number of aryl methyl sites for hydroxylation is 1. The van der Waals surface area contributed by atoms with Crippen molar-refractivity contribution in [2.45, 2.75) is 6.92 Å². The van der Waals surface area contributed by atoms with Crippen molar-refractivity contribution < 1.29 is 14.2 Å². The molecule has 0 amide bonds. The van der Waals surface area contributed by atoms with Gasteiger partial charge in [-0.05, 0) is 55.0 Å². The summed E-state index contributed by atoms with van der Waals surface area (Å²) >= 11 is 0.